The van der Waals surface area contributed by atoms with Crippen molar-refractivity contribution in [2.75, 3.05) is 31.7 Å². The molecule has 1 saturated carbocycles. The summed E-state index contributed by atoms with van der Waals surface area (Å²) in [6, 6.07) is 0. The fourth-order valence-corrected chi connectivity index (χ4v) is 3.99. The lowest BCUT2D eigenvalue weighted by Gasteiger charge is -2.42. The molecule has 1 N–H and O–H groups in total. The number of hydrogen-bond donors (Lipinski definition) is 1. The van der Waals surface area contributed by atoms with Gasteiger partial charge in [-0.1, -0.05) is 0 Å². The predicted molar refractivity (Wildman–Crippen MR) is 79.1 cm³/mol. The summed E-state index contributed by atoms with van der Waals surface area (Å²) < 4.78 is 5.60. The third kappa shape index (κ3) is 2.64. The summed E-state index contributed by atoms with van der Waals surface area (Å²) in [5.74, 6) is 0.720. The van der Waals surface area contributed by atoms with Crippen molar-refractivity contribution >= 4 is 16.5 Å². The maximum Gasteiger partial charge on any atom is 0.186 e. The fraction of sp³-hybridized carbons (Fsp3) is 0.786. The second-order valence-corrected chi connectivity index (χ2v) is 7.19. The fourth-order valence-electron chi connectivity index (χ4n) is 2.64. The molecule has 0 aromatic carbocycles. The van der Waals surface area contributed by atoms with Gasteiger partial charge < -0.3 is 15.0 Å². The molecule has 1 aliphatic heterocycles. The van der Waals surface area contributed by atoms with E-state index in [0.717, 1.165) is 32.2 Å². The molecular formula is C14H23N3OS. The molecule has 3 rings (SSSR count). The van der Waals surface area contributed by atoms with Gasteiger partial charge in [0.05, 0.1) is 24.4 Å². The molecule has 2 heterocycles. The molecule has 0 atom stereocenters. The molecule has 1 aliphatic carbocycles. The molecular weight excluding hydrogens is 258 g/mol. The number of hydrogen-bond acceptors (Lipinski definition) is 5. The highest BCUT2D eigenvalue weighted by Gasteiger charge is 2.35. The van der Waals surface area contributed by atoms with Crippen LogP contribution in [0.2, 0.25) is 0 Å². The number of thiazole rings is 1. The van der Waals surface area contributed by atoms with Crippen LogP contribution in [-0.4, -0.2) is 37.3 Å². The predicted octanol–water partition coefficient (Wildman–Crippen LogP) is 2.36. The van der Waals surface area contributed by atoms with E-state index in [1.165, 1.54) is 28.5 Å². The summed E-state index contributed by atoms with van der Waals surface area (Å²) in [6.07, 6.45) is 2.62. The number of nitrogens with zero attached hydrogens (tertiary/aromatic N) is 2. The van der Waals surface area contributed by atoms with E-state index in [2.05, 4.69) is 24.1 Å². The number of aromatic nitrogens is 1. The van der Waals surface area contributed by atoms with Gasteiger partial charge in [0.1, 0.15) is 0 Å². The maximum absolute atomic E-state index is 5.60. The van der Waals surface area contributed by atoms with Gasteiger partial charge in [0.15, 0.2) is 5.13 Å². The molecule has 1 aromatic heterocycles. The quantitative estimate of drug-likeness (QED) is 0.919. The lowest BCUT2D eigenvalue weighted by molar-refractivity contribution is 0.0643. The van der Waals surface area contributed by atoms with E-state index in [0.29, 0.717) is 0 Å². The van der Waals surface area contributed by atoms with E-state index in [1.807, 2.05) is 18.4 Å². The second-order valence-electron chi connectivity index (χ2n) is 6.13. The Kier molecular flexibility index (Phi) is 3.53. The summed E-state index contributed by atoms with van der Waals surface area (Å²) in [4.78, 5) is 8.80. The number of morpholine rings is 1. The van der Waals surface area contributed by atoms with E-state index < -0.39 is 0 Å². The Morgan fingerprint density at radius 3 is 2.89 bits per heavy atom. The van der Waals surface area contributed by atoms with Gasteiger partial charge >= 0.3 is 0 Å². The van der Waals surface area contributed by atoms with E-state index in [9.17, 15) is 0 Å². The molecule has 5 heteroatoms. The molecule has 2 fully saturated rings. The molecule has 0 radical (unpaired) electrons. The van der Waals surface area contributed by atoms with Gasteiger partial charge in [-0.15, -0.1) is 11.3 Å². The Hall–Kier alpha value is -0.650. The van der Waals surface area contributed by atoms with Crippen LogP contribution in [0.25, 0.3) is 0 Å². The average molecular weight is 281 g/mol. The zero-order valence-corrected chi connectivity index (χ0v) is 12.8. The van der Waals surface area contributed by atoms with E-state index in [1.54, 1.807) is 0 Å². The highest BCUT2D eigenvalue weighted by atomic mass is 32.1. The molecule has 106 valence electrons. The van der Waals surface area contributed by atoms with Crippen molar-refractivity contribution in [2.24, 2.45) is 0 Å². The SMILES string of the molecule is CNCc1sc(N2CCOCC2(C)C)nc1C1CC1. The first-order valence-corrected chi connectivity index (χ1v) is 7.93. The average Bonchev–Trinajstić information content (AvgIpc) is 3.12. The molecule has 2 aliphatic rings. The molecule has 0 amide bonds. The maximum atomic E-state index is 5.60. The molecule has 4 nitrogen and oxygen atoms in total. The first-order valence-electron chi connectivity index (χ1n) is 7.11. The summed E-state index contributed by atoms with van der Waals surface area (Å²) in [5, 5.41) is 4.45. The first kappa shape index (κ1) is 13.3. The van der Waals surface area contributed by atoms with Crippen LogP contribution in [0.15, 0.2) is 0 Å². The van der Waals surface area contributed by atoms with Crippen molar-refractivity contribution in [1.82, 2.24) is 10.3 Å². The van der Waals surface area contributed by atoms with E-state index >= 15 is 0 Å². The number of anilines is 1. The largest absolute Gasteiger partial charge is 0.377 e. The topological polar surface area (TPSA) is 37.4 Å². The van der Waals surface area contributed by atoms with Gasteiger partial charge in [0.2, 0.25) is 0 Å². The normalized spacial score (nSPS) is 22.8. The van der Waals surface area contributed by atoms with Crippen molar-refractivity contribution in [1.29, 1.82) is 0 Å². The Morgan fingerprint density at radius 1 is 1.47 bits per heavy atom. The van der Waals surface area contributed by atoms with Crippen molar-refractivity contribution < 1.29 is 4.74 Å². The third-order valence-corrected chi connectivity index (χ3v) is 4.99. The zero-order valence-electron chi connectivity index (χ0n) is 12.0. The summed E-state index contributed by atoms with van der Waals surface area (Å²) in [5.41, 5.74) is 1.39. The number of ether oxygens (including phenoxy) is 1. The van der Waals surface area contributed by atoms with Crippen LogP contribution in [0, 0.1) is 0 Å². The first-order chi connectivity index (χ1) is 9.12. The molecule has 1 saturated heterocycles. The van der Waals surface area contributed by atoms with Crippen molar-refractivity contribution in [3.05, 3.63) is 10.6 Å². The zero-order chi connectivity index (χ0) is 13.5. The molecule has 0 unspecified atom stereocenters. The lowest BCUT2D eigenvalue weighted by atomic mass is 10.0. The molecule has 1 aromatic rings. The summed E-state index contributed by atoms with van der Waals surface area (Å²) >= 11 is 1.86. The van der Waals surface area contributed by atoms with Crippen molar-refractivity contribution in [3.63, 3.8) is 0 Å². The Bertz CT molecular complexity index is 454. The molecule has 0 bridgehead atoms. The third-order valence-electron chi connectivity index (χ3n) is 3.89. The van der Waals surface area contributed by atoms with Crippen LogP contribution < -0.4 is 10.2 Å². The van der Waals surface area contributed by atoms with E-state index in [4.69, 9.17) is 9.72 Å². The monoisotopic (exact) mass is 281 g/mol. The minimum absolute atomic E-state index is 0.0494. The van der Waals surface area contributed by atoms with Gasteiger partial charge in [-0.3, -0.25) is 0 Å². The highest BCUT2D eigenvalue weighted by molar-refractivity contribution is 7.15. The molecule has 19 heavy (non-hydrogen) atoms. The number of rotatable bonds is 4. The summed E-state index contributed by atoms with van der Waals surface area (Å²) in [7, 11) is 2.01. The van der Waals surface area contributed by atoms with Gasteiger partial charge in [-0.2, -0.15) is 0 Å². The minimum atomic E-state index is 0.0494. The van der Waals surface area contributed by atoms with Gasteiger partial charge in [-0.05, 0) is 33.7 Å². The lowest BCUT2D eigenvalue weighted by Crippen LogP contribution is -2.53. The van der Waals surface area contributed by atoms with Crippen LogP contribution >= 0.6 is 11.3 Å². The molecule has 0 spiro atoms. The standard InChI is InChI=1S/C14H23N3OS/c1-14(2)9-18-7-6-17(14)13-16-12(10-4-5-10)11(19-13)8-15-3/h10,15H,4-9H2,1-3H3. The highest BCUT2D eigenvalue weighted by Crippen LogP contribution is 2.45. The smallest absolute Gasteiger partial charge is 0.186 e. The van der Waals surface area contributed by atoms with Gasteiger partial charge in [-0.25, -0.2) is 4.98 Å². The van der Waals surface area contributed by atoms with Crippen LogP contribution in [-0.2, 0) is 11.3 Å². The van der Waals surface area contributed by atoms with Crippen LogP contribution in [0.3, 0.4) is 0 Å². The summed E-state index contributed by atoms with van der Waals surface area (Å²) in [6.45, 7) is 7.96. The second kappa shape index (κ2) is 5.04. The van der Waals surface area contributed by atoms with Crippen LogP contribution in [0.4, 0.5) is 5.13 Å². The Balaban J connectivity index is 1.89. The van der Waals surface area contributed by atoms with Crippen molar-refractivity contribution in [3.8, 4) is 0 Å². The van der Waals surface area contributed by atoms with E-state index in [-0.39, 0.29) is 5.54 Å². The van der Waals surface area contributed by atoms with Crippen LogP contribution in [0.5, 0.6) is 0 Å². The van der Waals surface area contributed by atoms with Crippen LogP contribution in [0.1, 0.15) is 43.2 Å². The Labute approximate surface area is 119 Å². The minimum Gasteiger partial charge on any atom is -0.377 e. The van der Waals surface area contributed by atoms with Gasteiger partial charge in [0.25, 0.3) is 0 Å². The van der Waals surface area contributed by atoms with Crippen molar-refractivity contribution in [2.45, 2.75) is 44.7 Å². The Morgan fingerprint density at radius 2 is 2.26 bits per heavy atom. The number of nitrogens with one attached hydrogen (secondary N) is 1. The van der Waals surface area contributed by atoms with Gasteiger partial charge in [0, 0.05) is 23.9 Å².